The molecular weight excluding hydrogens is 408 g/mol. The van der Waals surface area contributed by atoms with Gasteiger partial charge in [-0.05, 0) is 35.9 Å². The van der Waals surface area contributed by atoms with E-state index in [9.17, 15) is 13.2 Å². The summed E-state index contributed by atoms with van der Waals surface area (Å²) in [5.41, 5.74) is 1.21. The lowest BCUT2D eigenvalue weighted by Gasteiger charge is -2.20. The SMILES string of the molecule is COc1cccc(C(CNS(C)(=O)=O)NC(=O)c2cccc(Br)c2)c1. The highest BCUT2D eigenvalue weighted by molar-refractivity contribution is 9.10. The highest BCUT2D eigenvalue weighted by Gasteiger charge is 2.18. The van der Waals surface area contributed by atoms with Gasteiger partial charge in [0.25, 0.3) is 5.91 Å². The van der Waals surface area contributed by atoms with Crippen LogP contribution in [-0.4, -0.2) is 34.2 Å². The molecule has 1 unspecified atom stereocenters. The van der Waals surface area contributed by atoms with Gasteiger partial charge in [-0.25, -0.2) is 13.1 Å². The highest BCUT2D eigenvalue weighted by atomic mass is 79.9. The molecule has 1 amide bonds. The maximum atomic E-state index is 12.5. The van der Waals surface area contributed by atoms with Crippen LogP contribution >= 0.6 is 15.9 Å². The molecule has 2 aromatic rings. The van der Waals surface area contributed by atoms with E-state index in [1.54, 1.807) is 49.6 Å². The van der Waals surface area contributed by atoms with Crippen LogP contribution < -0.4 is 14.8 Å². The Morgan fingerprint density at radius 3 is 2.56 bits per heavy atom. The lowest BCUT2D eigenvalue weighted by Crippen LogP contribution is -2.37. The van der Waals surface area contributed by atoms with Crippen LogP contribution in [0.3, 0.4) is 0 Å². The Hall–Kier alpha value is -1.90. The first-order chi connectivity index (χ1) is 11.8. The second kappa shape index (κ2) is 8.46. The van der Waals surface area contributed by atoms with Crippen molar-refractivity contribution in [1.82, 2.24) is 10.0 Å². The third-order valence-corrected chi connectivity index (χ3v) is 4.62. The number of rotatable bonds is 7. The van der Waals surface area contributed by atoms with Gasteiger partial charge in [0, 0.05) is 16.6 Å². The average molecular weight is 427 g/mol. The molecule has 8 heteroatoms. The van der Waals surface area contributed by atoms with Crippen molar-refractivity contribution in [2.45, 2.75) is 6.04 Å². The molecule has 0 bridgehead atoms. The average Bonchev–Trinajstić information content (AvgIpc) is 2.57. The lowest BCUT2D eigenvalue weighted by molar-refractivity contribution is 0.0937. The van der Waals surface area contributed by atoms with Gasteiger partial charge < -0.3 is 10.1 Å². The van der Waals surface area contributed by atoms with Gasteiger partial charge in [0.1, 0.15) is 5.75 Å². The van der Waals surface area contributed by atoms with Crippen molar-refractivity contribution in [1.29, 1.82) is 0 Å². The highest BCUT2D eigenvalue weighted by Crippen LogP contribution is 2.20. The van der Waals surface area contributed by atoms with Gasteiger partial charge in [0.2, 0.25) is 10.0 Å². The number of amides is 1. The first-order valence-corrected chi connectivity index (χ1v) is 10.1. The smallest absolute Gasteiger partial charge is 0.251 e. The van der Waals surface area contributed by atoms with Crippen molar-refractivity contribution in [3.63, 3.8) is 0 Å². The predicted molar refractivity (Wildman–Crippen MR) is 100 cm³/mol. The van der Waals surface area contributed by atoms with Crippen LogP contribution in [0.15, 0.2) is 53.0 Å². The summed E-state index contributed by atoms with van der Waals surface area (Å²) >= 11 is 3.33. The Bertz CT molecular complexity index is 855. The summed E-state index contributed by atoms with van der Waals surface area (Å²) in [4.78, 5) is 12.5. The van der Waals surface area contributed by atoms with E-state index in [4.69, 9.17) is 4.74 Å². The minimum absolute atomic E-state index is 0.0335. The van der Waals surface area contributed by atoms with Crippen molar-refractivity contribution < 1.29 is 17.9 Å². The lowest BCUT2D eigenvalue weighted by atomic mass is 10.1. The van der Waals surface area contributed by atoms with Crippen LogP contribution in [0.2, 0.25) is 0 Å². The molecule has 1 atom stereocenters. The predicted octanol–water partition coefficient (Wildman–Crippen LogP) is 2.48. The molecule has 0 heterocycles. The Kier molecular flexibility index (Phi) is 6.57. The largest absolute Gasteiger partial charge is 0.497 e. The van der Waals surface area contributed by atoms with Gasteiger partial charge in [-0.1, -0.05) is 34.1 Å². The van der Waals surface area contributed by atoms with Crippen LogP contribution in [-0.2, 0) is 10.0 Å². The van der Waals surface area contributed by atoms with Gasteiger partial charge in [-0.2, -0.15) is 0 Å². The number of benzene rings is 2. The normalized spacial score (nSPS) is 12.4. The number of nitrogens with one attached hydrogen (secondary N) is 2. The number of carbonyl (C=O) groups excluding carboxylic acids is 1. The van der Waals surface area contributed by atoms with Crippen molar-refractivity contribution in [3.05, 3.63) is 64.1 Å². The molecule has 0 saturated carbocycles. The van der Waals surface area contributed by atoms with E-state index in [2.05, 4.69) is 26.0 Å². The molecule has 0 aromatic heterocycles. The molecule has 2 rings (SSSR count). The second-order valence-electron chi connectivity index (χ2n) is 5.43. The Morgan fingerprint density at radius 2 is 1.92 bits per heavy atom. The first kappa shape index (κ1) is 19.4. The van der Waals surface area contributed by atoms with Crippen molar-refractivity contribution in [2.75, 3.05) is 19.9 Å². The monoisotopic (exact) mass is 426 g/mol. The van der Waals surface area contributed by atoms with E-state index in [1.165, 1.54) is 0 Å². The number of sulfonamides is 1. The summed E-state index contributed by atoms with van der Waals surface area (Å²) in [5, 5.41) is 2.86. The maximum Gasteiger partial charge on any atom is 0.251 e. The van der Waals surface area contributed by atoms with E-state index in [-0.39, 0.29) is 12.5 Å². The third-order valence-electron chi connectivity index (χ3n) is 3.44. The molecule has 6 nitrogen and oxygen atoms in total. The van der Waals surface area contributed by atoms with Crippen LogP contribution in [0.5, 0.6) is 5.75 Å². The van der Waals surface area contributed by atoms with E-state index < -0.39 is 16.1 Å². The Balaban J connectivity index is 2.25. The third kappa shape index (κ3) is 6.15. The summed E-state index contributed by atoms with van der Waals surface area (Å²) < 4.78 is 31.3. The first-order valence-electron chi connectivity index (χ1n) is 7.43. The standard InChI is InChI=1S/C17H19BrN2O4S/c1-24-15-8-4-5-12(10-15)16(11-19-25(2,22)23)20-17(21)13-6-3-7-14(18)9-13/h3-10,16,19H,11H2,1-2H3,(H,20,21). The van der Waals surface area contributed by atoms with Crippen LogP contribution in [0.1, 0.15) is 22.0 Å². The van der Waals surface area contributed by atoms with Crippen LogP contribution in [0, 0.1) is 0 Å². The molecule has 0 aliphatic heterocycles. The summed E-state index contributed by atoms with van der Waals surface area (Å²) in [6.45, 7) is 0.0335. The molecule has 0 radical (unpaired) electrons. The minimum atomic E-state index is -3.39. The number of hydrogen-bond acceptors (Lipinski definition) is 4. The minimum Gasteiger partial charge on any atom is -0.497 e. The fourth-order valence-electron chi connectivity index (χ4n) is 2.22. The molecule has 0 spiro atoms. The number of methoxy groups -OCH3 is 1. The molecule has 0 aliphatic rings. The van der Waals surface area contributed by atoms with Crippen LogP contribution in [0.25, 0.3) is 0 Å². The van der Waals surface area contributed by atoms with Gasteiger partial charge >= 0.3 is 0 Å². The van der Waals surface area contributed by atoms with E-state index >= 15 is 0 Å². The van der Waals surface area contributed by atoms with Gasteiger partial charge in [-0.15, -0.1) is 0 Å². The van der Waals surface area contributed by atoms with Crippen molar-refractivity contribution >= 4 is 31.9 Å². The quantitative estimate of drug-likeness (QED) is 0.711. The summed E-state index contributed by atoms with van der Waals surface area (Å²) in [7, 11) is -1.85. The zero-order valence-electron chi connectivity index (χ0n) is 13.8. The zero-order chi connectivity index (χ0) is 18.4. The number of carbonyl (C=O) groups is 1. The number of hydrogen-bond donors (Lipinski definition) is 2. The summed E-state index contributed by atoms with van der Waals surface area (Å²) in [5.74, 6) is 0.322. The van der Waals surface area contributed by atoms with E-state index in [0.717, 1.165) is 16.3 Å². The summed E-state index contributed by atoms with van der Waals surface area (Å²) in [6.07, 6.45) is 1.08. The molecule has 25 heavy (non-hydrogen) atoms. The maximum absolute atomic E-state index is 12.5. The van der Waals surface area contributed by atoms with Crippen molar-refractivity contribution in [3.8, 4) is 5.75 Å². The van der Waals surface area contributed by atoms with E-state index in [1.807, 2.05) is 6.07 Å². The number of ether oxygens (including phenoxy) is 1. The Labute approximate surface area is 155 Å². The van der Waals surface area contributed by atoms with Gasteiger partial charge in [-0.3, -0.25) is 4.79 Å². The number of halogens is 1. The zero-order valence-corrected chi connectivity index (χ0v) is 16.2. The van der Waals surface area contributed by atoms with Crippen molar-refractivity contribution in [2.24, 2.45) is 0 Å². The molecule has 134 valence electrons. The summed E-state index contributed by atoms with van der Waals surface area (Å²) in [6, 6.07) is 13.5. The molecule has 0 aliphatic carbocycles. The van der Waals surface area contributed by atoms with E-state index in [0.29, 0.717) is 11.3 Å². The van der Waals surface area contributed by atoms with Gasteiger partial charge in [0.05, 0.1) is 19.4 Å². The molecular formula is C17H19BrN2O4S. The Morgan fingerprint density at radius 1 is 1.20 bits per heavy atom. The molecule has 2 aromatic carbocycles. The second-order valence-corrected chi connectivity index (χ2v) is 8.18. The molecule has 0 saturated heterocycles. The topological polar surface area (TPSA) is 84.5 Å². The fourth-order valence-corrected chi connectivity index (χ4v) is 3.09. The fraction of sp³-hybridized carbons (Fsp3) is 0.235. The van der Waals surface area contributed by atoms with Gasteiger partial charge in [0.15, 0.2) is 0 Å². The molecule has 2 N–H and O–H groups in total. The molecule has 0 fully saturated rings. The van der Waals surface area contributed by atoms with Crippen LogP contribution in [0.4, 0.5) is 0 Å².